The SMILES string of the molecule is CC1C=CC=C(N2c3ccccc3B3c4cc5c(cc4Oc4cc6c(oc7cc(N(c8ccccc8)c8ccccc8)ccc76)c2c43)N(c2ccccc2)c2cc3c(oc4cc(N(c6ccccc6)c6ccccc6)ccc43)c3c2B5c2ccccc2N3c2ccccc2)C1. The van der Waals surface area contributed by atoms with Crippen LogP contribution >= 0.6 is 0 Å². The zero-order chi connectivity index (χ0) is 62.4. The zero-order valence-corrected chi connectivity index (χ0v) is 51.8. The number of benzene rings is 13. The van der Waals surface area contributed by atoms with Gasteiger partial charge < -0.3 is 38.1 Å². The molecular weight excluding hydrogens is 1160 g/mol. The average Bonchev–Trinajstić information content (AvgIpc) is 1.64. The Bertz CT molecular complexity index is 5610. The summed E-state index contributed by atoms with van der Waals surface area (Å²) in [5.74, 6) is 1.97. The van der Waals surface area contributed by atoms with Gasteiger partial charge in [-0.2, -0.15) is 0 Å². The van der Waals surface area contributed by atoms with E-state index in [2.05, 4.69) is 341 Å². The van der Waals surface area contributed by atoms with Crippen molar-refractivity contribution >= 4 is 170 Å². The maximum Gasteiger partial charge on any atom is 0.256 e. The van der Waals surface area contributed by atoms with E-state index in [1.165, 1.54) is 27.5 Å². The Balaban J connectivity index is 0.839. The van der Waals surface area contributed by atoms with Gasteiger partial charge in [-0.25, -0.2) is 0 Å². The summed E-state index contributed by atoms with van der Waals surface area (Å²) in [6.45, 7) is 1.84. The maximum absolute atomic E-state index is 7.74. The number of allylic oxidation sites excluding steroid dienone is 4. The maximum atomic E-state index is 7.74. The van der Waals surface area contributed by atoms with Crippen molar-refractivity contribution in [3.8, 4) is 11.5 Å². The van der Waals surface area contributed by atoms with Crippen molar-refractivity contribution in [2.75, 3.05) is 24.5 Å². The van der Waals surface area contributed by atoms with Gasteiger partial charge in [0.25, 0.3) is 13.4 Å². The molecule has 10 heteroatoms. The Hall–Kier alpha value is -12.1. The Labute approximate surface area is 550 Å². The molecule has 1 atom stereocenters. The number of para-hydroxylation sites is 8. The molecule has 0 saturated heterocycles. The fourth-order valence-corrected chi connectivity index (χ4v) is 16.2. The third-order valence-electron chi connectivity index (χ3n) is 20.1. The minimum absolute atomic E-state index is 0.230. The number of fused-ring (bicyclic) bond motifs is 16. The van der Waals surface area contributed by atoms with Gasteiger partial charge in [0.05, 0.1) is 11.4 Å². The molecule has 0 spiro atoms. The molecule has 13 aromatic carbocycles. The van der Waals surface area contributed by atoms with Gasteiger partial charge in [0.2, 0.25) is 0 Å². The summed E-state index contributed by atoms with van der Waals surface area (Å²) in [7, 11) is 0. The van der Waals surface area contributed by atoms with Gasteiger partial charge in [0.1, 0.15) is 22.7 Å². The lowest BCUT2D eigenvalue weighted by atomic mass is 9.30. The normalized spacial score (nSPS) is 14.6. The lowest BCUT2D eigenvalue weighted by molar-refractivity contribution is 0.488. The van der Waals surface area contributed by atoms with Gasteiger partial charge in [0, 0.05) is 119 Å². The fourth-order valence-electron chi connectivity index (χ4n) is 16.2. The molecular formula is C85H57B2N5O3. The third kappa shape index (κ3) is 8.10. The number of ether oxygens (including phenoxy) is 1. The first-order chi connectivity index (χ1) is 47.1. The zero-order valence-electron chi connectivity index (χ0n) is 51.8. The van der Waals surface area contributed by atoms with Crippen LogP contribution in [0.15, 0.2) is 324 Å². The molecule has 0 radical (unpaired) electrons. The first-order valence-electron chi connectivity index (χ1n) is 32.8. The number of nitrogens with zero attached hydrogens (tertiary/aromatic N) is 5. The van der Waals surface area contributed by atoms with E-state index in [0.717, 1.165) is 152 Å². The second kappa shape index (κ2) is 20.9. The van der Waals surface area contributed by atoms with E-state index in [-0.39, 0.29) is 13.4 Å². The topological polar surface area (TPSA) is 51.7 Å². The molecule has 0 N–H and O–H groups in total. The second-order valence-corrected chi connectivity index (χ2v) is 25.6. The Morgan fingerprint density at radius 2 is 0.821 bits per heavy atom. The van der Waals surface area contributed by atoms with Gasteiger partial charge >= 0.3 is 0 Å². The molecule has 0 amide bonds. The van der Waals surface area contributed by atoms with Gasteiger partial charge in [-0.05, 0) is 167 Å². The van der Waals surface area contributed by atoms with Crippen LogP contribution in [0.2, 0.25) is 0 Å². The van der Waals surface area contributed by atoms with Crippen LogP contribution in [0.5, 0.6) is 11.5 Å². The van der Waals surface area contributed by atoms with Crippen molar-refractivity contribution in [2.24, 2.45) is 5.92 Å². The standard InChI is InChI=1S/C85H57B2N5O3/c1-54-25-24-38-61(47-54)92-73-42-23-21-40-69(73)87-71-52-70-74(53-78(71)93-79-51-67-65-46-44-63(49-77(65)95-85(67)83(92)81(79)87)89(57-30-12-4-13-31-57)58-32-14-5-15-33-58)90(59-34-16-6-17-35-59)75-50-66-64-45-43-62(88(55-26-8-2-9-27-55)56-28-10-3-11-29-56)48-76(64)94-84(66)82-80(75)86(70)68-39-20-22-41-72(68)91(82)60-36-18-7-19-37-60/h2-46,48-54H,47H2,1H3. The van der Waals surface area contributed by atoms with Crippen molar-refractivity contribution in [3.05, 3.63) is 315 Å². The summed E-state index contributed by atoms with van der Waals surface area (Å²) < 4.78 is 22.8. The fraction of sp³-hybridized carbons (Fsp3) is 0.0353. The van der Waals surface area contributed by atoms with Crippen LogP contribution in [0.4, 0.5) is 79.6 Å². The molecule has 0 bridgehead atoms. The molecule has 1 aliphatic carbocycles. The van der Waals surface area contributed by atoms with Crippen LogP contribution in [0.3, 0.4) is 0 Å². The van der Waals surface area contributed by atoms with Gasteiger partial charge in [0.15, 0.2) is 11.2 Å². The molecule has 8 nitrogen and oxygen atoms in total. The molecule has 20 rings (SSSR count). The minimum Gasteiger partial charge on any atom is -0.458 e. The van der Waals surface area contributed by atoms with Gasteiger partial charge in [-0.1, -0.05) is 171 Å². The smallest absolute Gasteiger partial charge is 0.256 e. The molecule has 2 aromatic heterocycles. The monoisotopic (exact) mass is 1220 g/mol. The van der Waals surface area contributed by atoms with Crippen molar-refractivity contribution < 1.29 is 13.6 Å². The average molecular weight is 1220 g/mol. The van der Waals surface area contributed by atoms with Crippen LogP contribution in [0, 0.1) is 5.92 Å². The lowest BCUT2D eigenvalue weighted by Gasteiger charge is -2.45. The molecule has 4 aliphatic heterocycles. The van der Waals surface area contributed by atoms with Crippen LogP contribution in [-0.4, -0.2) is 13.4 Å². The summed E-state index contributed by atoms with van der Waals surface area (Å²) >= 11 is 0. The van der Waals surface area contributed by atoms with E-state index in [4.69, 9.17) is 13.6 Å². The lowest BCUT2D eigenvalue weighted by Crippen LogP contribution is -2.64. The summed E-state index contributed by atoms with van der Waals surface area (Å²) in [6.07, 6.45) is 7.68. The molecule has 6 heterocycles. The summed E-state index contributed by atoms with van der Waals surface area (Å²) in [6, 6.07) is 105. The van der Waals surface area contributed by atoms with Crippen LogP contribution in [-0.2, 0) is 0 Å². The molecule has 0 saturated carbocycles. The highest BCUT2D eigenvalue weighted by atomic mass is 16.5. The van der Waals surface area contributed by atoms with E-state index in [0.29, 0.717) is 5.92 Å². The Kier molecular flexibility index (Phi) is 11.8. The highest BCUT2D eigenvalue weighted by Crippen LogP contribution is 2.53. The predicted octanol–water partition coefficient (Wildman–Crippen LogP) is 19.1. The van der Waals surface area contributed by atoms with Crippen LogP contribution in [0.25, 0.3) is 43.9 Å². The largest absolute Gasteiger partial charge is 0.458 e. The van der Waals surface area contributed by atoms with Gasteiger partial charge in [-0.3, -0.25) is 0 Å². The quantitative estimate of drug-likeness (QED) is 0.133. The summed E-state index contributed by atoms with van der Waals surface area (Å²) in [5, 5.41) is 4.09. The van der Waals surface area contributed by atoms with Gasteiger partial charge in [-0.15, -0.1) is 0 Å². The number of rotatable bonds is 9. The van der Waals surface area contributed by atoms with Crippen molar-refractivity contribution in [2.45, 2.75) is 13.3 Å². The molecule has 1 unspecified atom stereocenters. The van der Waals surface area contributed by atoms with Crippen LogP contribution < -0.4 is 62.0 Å². The third-order valence-corrected chi connectivity index (χ3v) is 20.1. The first-order valence-corrected chi connectivity index (χ1v) is 32.8. The highest BCUT2D eigenvalue weighted by Gasteiger charge is 2.49. The van der Waals surface area contributed by atoms with E-state index < -0.39 is 0 Å². The van der Waals surface area contributed by atoms with E-state index in [1.807, 2.05) is 0 Å². The summed E-state index contributed by atoms with van der Waals surface area (Å²) in [4.78, 5) is 12.1. The number of anilines is 14. The predicted molar refractivity (Wildman–Crippen MR) is 395 cm³/mol. The van der Waals surface area contributed by atoms with E-state index in [1.54, 1.807) is 0 Å². The first kappa shape index (κ1) is 53.5. The highest BCUT2D eigenvalue weighted by molar-refractivity contribution is 7.03. The Morgan fingerprint density at radius 3 is 1.36 bits per heavy atom. The second-order valence-electron chi connectivity index (χ2n) is 25.6. The molecule has 0 fully saturated rings. The van der Waals surface area contributed by atoms with E-state index in [9.17, 15) is 0 Å². The van der Waals surface area contributed by atoms with Crippen molar-refractivity contribution in [3.63, 3.8) is 0 Å². The summed E-state index contributed by atoms with van der Waals surface area (Å²) in [5.41, 5.74) is 26.2. The van der Waals surface area contributed by atoms with E-state index >= 15 is 0 Å². The number of hydrogen-bond donors (Lipinski definition) is 0. The number of furan rings is 2. The molecule has 15 aromatic rings. The molecule has 446 valence electrons. The van der Waals surface area contributed by atoms with Crippen molar-refractivity contribution in [1.82, 2.24) is 0 Å². The molecule has 5 aliphatic rings. The van der Waals surface area contributed by atoms with Crippen LogP contribution in [0.1, 0.15) is 13.3 Å². The minimum atomic E-state index is -0.234. The van der Waals surface area contributed by atoms with Crippen molar-refractivity contribution in [1.29, 1.82) is 0 Å². The number of hydrogen-bond acceptors (Lipinski definition) is 8. The molecule has 95 heavy (non-hydrogen) atoms. The Morgan fingerprint density at radius 1 is 0.358 bits per heavy atom.